The highest BCUT2D eigenvalue weighted by molar-refractivity contribution is 6.30. The van der Waals surface area contributed by atoms with Crippen LogP contribution in [0.15, 0.2) is 30.5 Å². The van der Waals surface area contributed by atoms with Gasteiger partial charge in [0, 0.05) is 17.3 Å². The van der Waals surface area contributed by atoms with Crippen LogP contribution in [0.1, 0.15) is 25.3 Å². The summed E-state index contributed by atoms with van der Waals surface area (Å²) in [6.45, 7) is 4.06. The summed E-state index contributed by atoms with van der Waals surface area (Å²) < 4.78 is 12.8. The number of rotatable bonds is 2. The summed E-state index contributed by atoms with van der Waals surface area (Å²) in [5, 5.41) is 0.453. The van der Waals surface area contributed by atoms with Gasteiger partial charge in [0.25, 0.3) is 0 Å². The van der Waals surface area contributed by atoms with Crippen molar-refractivity contribution >= 4 is 11.6 Å². The summed E-state index contributed by atoms with van der Waals surface area (Å²) in [6, 6.07) is 6.03. The van der Waals surface area contributed by atoms with Crippen molar-refractivity contribution in [1.29, 1.82) is 0 Å². The highest BCUT2D eigenvalue weighted by Crippen LogP contribution is 2.24. The SMILES string of the molecule is CC(C)c1cnc(-c2ccc(F)cc2)nc1Cl. The molecule has 0 spiro atoms. The molecule has 2 rings (SSSR count). The van der Waals surface area contributed by atoms with Crippen LogP contribution in [0.4, 0.5) is 4.39 Å². The predicted octanol–water partition coefficient (Wildman–Crippen LogP) is 4.06. The zero-order valence-corrected chi connectivity index (χ0v) is 10.4. The molecule has 88 valence electrons. The van der Waals surface area contributed by atoms with Gasteiger partial charge in [0.1, 0.15) is 11.0 Å². The Bertz CT molecular complexity index is 523. The van der Waals surface area contributed by atoms with Crippen LogP contribution in [0.5, 0.6) is 0 Å². The van der Waals surface area contributed by atoms with Gasteiger partial charge in [-0.05, 0) is 30.2 Å². The fourth-order valence-electron chi connectivity index (χ4n) is 1.50. The Kier molecular flexibility index (Phi) is 3.38. The van der Waals surface area contributed by atoms with Crippen LogP contribution in [-0.4, -0.2) is 9.97 Å². The van der Waals surface area contributed by atoms with Crippen molar-refractivity contribution in [2.45, 2.75) is 19.8 Å². The maximum atomic E-state index is 12.8. The first-order chi connectivity index (χ1) is 8.08. The van der Waals surface area contributed by atoms with E-state index in [1.54, 1.807) is 18.3 Å². The quantitative estimate of drug-likeness (QED) is 0.751. The molecule has 1 aromatic heterocycles. The number of nitrogens with zero attached hydrogens (tertiary/aromatic N) is 2. The molecule has 0 saturated heterocycles. The van der Waals surface area contributed by atoms with Crippen LogP contribution in [-0.2, 0) is 0 Å². The van der Waals surface area contributed by atoms with Gasteiger partial charge < -0.3 is 0 Å². The lowest BCUT2D eigenvalue weighted by molar-refractivity contribution is 0.628. The highest BCUT2D eigenvalue weighted by atomic mass is 35.5. The molecular weight excluding hydrogens is 239 g/mol. The molecule has 0 aliphatic carbocycles. The molecule has 0 aliphatic rings. The molecule has 0 bridgehead atoms. The maximum Gasteiger partial charge on any atom is 0.160 e. The first-order valence-corrected chi connectivity index (χ1v) is 5.74. The molecule has 0 amide bonds. The van der Waals surface area contributed by atoms with Crippen LogP contribution in [0, 0.1) is 5.82 Å². The molecule has 0 saturated carbocycles. The van der Waals surface area contributed by atoms with E-state index in [1.165, 1.54) is 12.1 Å². The standard InChI is InChI=1S/C13H12ClFN2/c1-8(2)11-7-16-13(17-12(11)14)9-3-5-10(15)6-4-9/h3-8H,1-2H3. The first-order valence-electron chi connectivity index (χ1n) is 5.36. The lowest BCUT2D eigenvalue weighted by atomic mass is 10.1. The fraction of sp³-hybridized carbons (Fsp3) is 0.231. The van der Waals surface area contributed by atoms with Crippen molar-refractivity contribution in [2.75, 3.05) is 0 Å². The average molecular weight is 251 g/mol. The Labute approximate surface area is 104 Å². The van der Waals surface area contributed by atoms with E-state index in [0.29, 0.717) is 11.0 Å². The van der Waals surface area contributed by atoms with Gasteiger partial charge in [0.2, 0.25) is 0 Å². The number of hydrogen-bond donors (Lipinski definition) is 0. The van der Waals surface area contributed by atoms with Crippen molar-refractivity contribution in [2.24, 2.45) is 0 Å². The Hall–Kier alpha value is -1.48. The second kappa shape index (κ2) is 4.80. The minimum absolute atomic E-state index is 0.279. The summed E-state index contributed by atoms with van der Waals surface area (Å²) >= 11 is 6.08. The van der Waals surface area contributed by atoms with E-state index >= 15 is 0 Å². The molecule has 2 nitrogen and oxygen atoms in total. The van der Waals surface area contributed by atoms with Crippen LogP contribution < -0.4 is 0 Å². The average Bonchev–Trinajstić information content (AvgIpc) is 2.29. The van der Waals surface area contributed by atoms with Crippen molar-refractivity contribution in [3.8, 4) is 11.4 Å². The molecule has 0 atom stereocenters. The molecule has 0 aliphatic heterocycles. The number of hydrogen-bond acceptors (Lipinski definition) is 2. The first kappa shape index (κ1) is 12.0. The van der Waals surface area contributed by atoms with Crippen LogP contribution in [0.2, 0.25) is 5.15 Å². The van der Waals surface area contributed by atoms with Gasteiger partial charge in [-0.1, -0.05) is 25.4 Å². The van der Waals surface area contributed by atoms with Crippen LogP contribution >= 0.6 is 11.6 Å². The van der Waals surface area contributed by atoms with E-state index in [1.807, 2.05) is 13.8 Å². The van der Waals surface area contributed by atoms with E-state index < -0.39 is 0 Å². The summed E-state index contributed by atoms with van der Waals surface area (Å²) in [4.78, 5) is 8.47. The summed E-state index contributed by atoms with van der Waals surface area (Å²) in [5.74, 6) is 0.516. The molecule has 1 aromatic carbocycles. The second-order valence-corrected chi connectivity index (χ2v) is 4.46. The summed E-state index contributed by atoms with van der Waals surface area (Å²) in [7, 11) is 0. The molecule has 0 radical (unpaired) electrons. The molecular formula is C13H12ClFN2. The predicted molar refractivity (Wildman–Crippen MR) is 66.5 cm³/mol. The Balaban J connectivity index is 2.41. The minimum atomic E-state index is -0.279. The second-order valence-electron chi connectivity index (χ2n) is 4.10. The molecule has 0 N–H and O–H groups in total. The molecule has 17 heavy (non-hydrogen) atoms. The van der Waals surface area contributed by atoms with E-state index in [9.17, 15) is 4.39 Å². The zero-order valence-electron chi connectivity index (χ0n) is 9.61. The van der Waals surface area contributed by atoms with E-state index in [2.05, 4.69) is 9.97 Å². The molecule has 2 aromatic rings. The summed E-state index contributed by atoms with van der Waals surface area (Å²) in [6.07, 6.45) is 1.72. The number of halogens is 2. The molecule has 0 unspecified atom stereocenters. The van der Waals surface area contributed by atoms with Crippen molar-refractivity contribution in [3.05, 3.63) is 47.0 Å². The van der Waals surface area contributed by atoms with Gasteiger partial charge in [0.15, 0.2) is 5.82 Å². The zero-order chi connectivity index (χ0) is 12.4. The van der Waals surface area contributed by atoms with Crippen molar-refractivity contribution in [1.82, 2.24) is 9.97 Å². The largest absolute Gasteiger partial charge is 0.236 e. The van der Waals surface area contributed by atoms with Crippen molar-refractivity contribution < 1.29 is 4.39 Å². The minimum Gasteiger partial charge on any atom is -0.236 e. The van der Waals surface area contributed by atoms with E-state index in [0.717, 1.165) is 11.1 Å². The lowest BCUT2D eigenvalue weighted by Crippen LogP contribution is -1.96. The fourth-order valence-corrected chi connectivity index (χ4v) is 1.84. The van der Waals surface area contributed by atoms with Gasteiger partial charge >= 0.3 is 0 Å². The maximum absolute atomic E-state index is 12.8. The summed E-state index contributed by atoms with van der Waals surface area (Å²) in [5.41, 5.74) is 1.67. The van der Waals surface area contributed by atoms with E-state index in [4.69, 9.17) is 11.6 Å². The number of benzene rings is 1. The monoisotopic (exact) mass is 250 g/mol. The van der Waals surface area contributed by atoms with Gasteiger partial charge in [-0.15, -0.1) is 0 Å². The smallest absolute Gasteiger partial charge is 0.160 e. The Morgan fingerprint density at radius 3 is 2.35 bits per heavy atom. The highest BCUT2D eigenvalue weighted by Gasteiger charge is 2.09. The van der Waals surface area contributed by atoms with Gasteiger partial charge in [-0.25, -0.2) is 14.4 Å². The van der Waals surface area contributed by atoms with Gasteiger partial charge in [-0.3, -0.25) is 0 Å². The normalized spacial score (nSPS) is 10.9. The van der Waals surface area contributed by atoms with Gasteiger partial charge in [-0.2, -0.15) is 0 Å². The molecule has 1 heterocycles. The lowest BCUT2D eigenvalue weighted by Gasteiger charge is -2.08. The van der Waals surface area contributed by atoms with E-state index in [-0.39, 0.29) is 11.7 Å². The topological polar surface area (TPSA) is 25.8 Å². The molecule has 0 fully saturated rings. The third-order valence-electron chi connectivity index (χ3n) is 2.49. The third-order valence-corrected chi connectivity index (χ3v) is 2.80. The van der Waals surface area contributed by atoms with Crippen molar-refractivity contribution in [3.63, 3.8) is 0 Å². The van der Waals surface area contributed by atoms with Gasteiger partial charge in [0.05, 0.1) is 0 Å². The third kappa shape index (κ3) is 2.61. The van der Waals surface area contributed by atoms with Crippen LogP contribution in [0.25, 0.3) is 11.4 Å². The Morgan fingerprint density at radius 1 is 1.18 bits per heavy atom. The molecule has 4 heteroatoms. The van der Waals surface area contributed by atoms with Crippen LogP contribution in [0.3, 0.4) is 0 Å². The Morgan fingerprint density at radius 2 is 1.82 bits per heavy atom. The number of aromatic nitrogens is 2.